The first-order valence-corrected chi connectivity index (χ1v) is 7.08. The van der Waals surface area contributed by atoms with Gasteiger partial charge in [0, 0.05) is 41.0 Å². The van der Waals surface area contributed by atoms with Gasteiger partial charge in [-0.3, -0.25) is 4.79 Å². The number of benzene rings is 1. The van der Waals surface area contributed by atoms with Crippen LogP contribution in [0.1, 0.15) is 12.0 Å². The van der Waals surface area contributed by atoms with E-state index in [0.29, 0.717) is 42.5 Å². The van der Waals surface area contributed by atoms with Crippen molar-refractivity contribution in [2.75, 3.05) is 19.6 Å². The molecule has 0 N–H and O–H groups in total. The second kappa shape index (κ2) is 6.84. The molecule has 1 fully saturated rings. The van der Waals surface area contributed by atoms with Gasteiger partial charge in [-0.1, -0.05) is 34.4 Å². The van der Waals surface area contributed by atoms with Gasteiger partial charge in [0.05, 0.1) is 0 Å². The number of hydrogen-bond donors (Lipinski definition) is 0. The van der Waals surface area contributed by atoms with Crippen molar-refractivity contribution in [1.29, 1.82) is 0 Å². The van der Waals surface area contributed by atoms with E-state index >= 15 is 0 Å². The summed E-state index contributed by atoms with van der Waals surface area (Å²) in [6.45, 7) is 1.64. The molecule has 1 amide bonds. The van der Waals surface area contributed by atoms with Crippen LogP contribution in [0.15, 0.2) is 23.3 Å². The number of carbonyl (C=O) groups excluding carboxylic acids is 1. The highest BCUT2D eigenvalue weighted by Gasteiger charge is 2.28. The van der Waals surface area contributed by atoms with E-state index in [1.807, 2.05) is 6.07 Å². The Hall–Kier alpha value is -1.42. The van der Waals surface area contributed by atoms with E-state index in [0.717, 1.165) is 5.56 Å². The maximum atomic E-state index is 11.8. The lowest BCUT2D eigenvalue weighted by Gasteiger charge is -2.16. The van der Waals surface area contributed by atoms with E-state index in [4.69, 9.17) is 28.7 Å². The minimum atomic E-state index is 0.105. The summed E-state index contributed by atoms with van der Waals surface area (Å²) in [6, 6.07) is 5.37. The van der Waals surface area contributed by atoms with Crippen molar-refractivity contribution < 1.29 is 4.79 Å². The molecule has 0 aromatic heterocycles. The Kier molecular flexibility index (Phi) is 5.12. The lowest BCUT2D eigenvalue weighted by molar-refractivity contribution is -0.127. The quantitative estimate of drug-likeness (QED) is 0.464. The van der Waals surface area contributed by atoms with Crippen molar-refractivity contribution in [3.05, 3.63) is 44.3 Å². The fourth-order valence-electron chi connectivity index (χ4n) is 2.32. The van der Waals surface area contributed by atoms with Crippen LogP contribution in [0.2, 0.25) is 10.0 Å². The standard InChI is InChI=1S/C13H14Cl2N4O/c14-11-2-1-10(12(15)6-11)3-4-19-8-9(5-13(19)20)7-17-18-16/h1-2,6,9H,3-5,7-8H2. The average Bonchev–Trinajstić information content (AvgIpc) is 2.76. The van der Waals surface area contributed by atoms with E-state index in [9.17, 15) is 4.79 Å². The molecule has 1 atom stereocenters. The second-order valence-electron chi connectivity index (χ2n) is 4.81. The van der Waals surface area contributed by atoms with Crippen LogP contribution < -0.4 is 0 Å². The number of hydrogen-bond acceptors (Lipinski definition) is 2. The van der Waals surface area contributed by atoms with Crippen molar-refractivity contribution in [3.8, 4) is 0 Å². The number of rotatable bonds is 5. The summed E-state index contributed by atoms with van der Waals surface area (Å²) >= 11 is 12.0. The molecule has 0 saturated carbocycles. The fourth-order valence-corrected chi connectivity index (χ4v) is 2.83. The van der Waals surface area contributed by atoms with Gasteiger partial charge in [0.2, 0.25) is 5.91 Å². The van der Waals surface area contributed by atoms with E-state index < -0.39 is 0 Å². The Morgan fingerprint density at radius 1 is 1.45 bits per heavy atom. The summed E-state index contributed by atoms with van der Waals surface area (Å²) in [6.07, 6.45) is 1.14. The van der Waals surface area contributed by atoms with Crippen LogP contribution >= 0.6 is 23.2 Å². The van der Waals surface area contributed by atoms with Gasteiger partial charge in [-0.05, 0) is 35.6 Å². The van der Waals surface area contributed by atoms with Crippen LogP contribution in [0.5, 0.6) is 0 Å². The predicted molar refractivity (Wildman–Crippen MR) is 78.9 cm³/mol. The number of likely N-dealkylation sites (tertiary alicyclic amines) is 1. The zero-order valence-electron chi connectivity index (χ0n) is 10.8. The second-order valence-corrected chi connectivity index (χ2v) is 5.65. The number of azide groups is 1. The van der Waals surface area contributed by atoms with Gasteiger partial charge in [-0.15, -0.1) is 0 Å². The molecule has 0 bridgehead atoms. The number of nitrogens with zero attached hydrogens (tertiary/aromatic N) is 4. The Bertz CT molecular complexity index is 557. The highest BCUT2D eigenvalue weighted by molar-refractivity contribution is 6.35. The molecule has 1 aromatic rings. The molecule has 0 aliphatic carbocycles. The van der Waals surface area contributed by atoms with Crippen molar-refractivity contribution in [3.63, 3.8) is 0 Å². The smallest absolute Gasteiger partial charge is 0.222 e. The van der Waals surface area contributed by atoms with Crippen LogP contribution in [0.4, 0.5) is 0 Å². The van der Waals surface area contributed by atoms with Crippen molar-refractivity contribution in [2.45, 2.75) is 12.8 Å². The Balaban J connectivity index is 1.90. The summed E-state index contributed by atoms with van der Waals surface area (Å²) in [5, 5.41) is 4.75. The molecule has 1 aliphatic rings. The van der Waals surface area contributed by atoms with E-state index in [1.54, 1.807) is 17.0 Å². The van der Waals surface area contributed by atoms with Crippen LogP contribution in [-0.4, -0.2) is 30.4 Å². The van der Waals surface area contributed by atoms with Gasteiger partial charge < -0.3 is 4.90 Å². The maximum Gasteiger partial charge on any atom is 0.222 e. The Labute approximate surface area is 127 Å². The zero-order valence-corrected chi connectivity index (χ0v) is 12.3. The third-order valence-electron chi connectivity index (χ3n) is 3.36. The SMILES string of the molecule is [N-]=[N+]=NCC1CC(=O)N(CCc2ccc(Cl)cc2Cl)C1. The Morgan fingerprint density at radius 3 is 2.95 bits per heavy atom. The number of amides is 1. The van der Waals surface area contributed by atoms with Gasteiger partial charge in [0.15, 0.2) is 0 Å². The molecule has 20 heavy (non-hydrogen) atoms. The largest absolute Gasteiger partial charge is 0.342 e. The van der Waals surface area contributed by atoms with Gasteiger partial charge in [0.25, 0.3) is 0 Å². The Morgan fingerprint density at radius 2 is 2.25 bits per heavy atom. The summed E-state index contributed by atoms with van der Waals surface area (Å²) < 4.78 is 0. The molecule has 1 unspecified atom stereocenters. The maximum absolute atomic E-state index is 11.8. The molecule has 5 nitrogen and oxygen atoms in total. The highest BCUT2D eigenvalue weighted by Crippen LogP contribution is 2.23. The minimum Gasteiger partial charge on any atom is -0.342 e. The first-order chi connectivity index (χ1) is 9.60. The minimum absolute atomic E-state index is 0.105. The fraction of sp³-hybridized carbons (Fsp3) is 0.462. The molecule has 0 radical (unpaired) electrons. The van der Waals surface area contributed by atoms with Crippen LogP contribution in [0.3, 0.4) is 0 Å². The van der Waals surface area contributed by atoms with Gasteiger partial charge in [0.1, 0.15) is 0 Å². The molecule has 106 valence electrons. The topological polar surface area (TPSA) is 69.1 Å². The number of carbonyl (C=O) groups is 1. The molecule has 1 heterocycles. The lowest BCUT2D eigenvalue weighted by atomic mass is 10.1. The first-order valence-electron chi connectivity index (χ1n) is 6.32. The zero-order chi connectivity index (χ0) is 14.5. The summed E-state index contributed by atoms with van der Waals surface area (Å²) in [5.41, 5.74) is 9.27. The molecule has 7 heteroatoms. The third kappa shape index (κ3) is 3.79. The van der Waals surface area contributed by atoms with Crippen LogP contribution in [0.25, 0.3) is 10.4 Å². The van der Waals surface area contributed by atoms with E-state index in [-0.39, 0.29) is 11.8 Å². The third-order valence-corrected chi connectivity index (χ3v) is 3.95. The van der Waals surface area contributed by atoms with Gasteiger partial charge >= 0.3 is 0 Å². The molecule has 2 rings (SSSR count). The van der Waals surface area contributed by atoms with E-state index in [1.165, 1.54) is 0 Å². The van der Waals surface area contributed by atoms with Gasteiger partial charge in [-0.2, -0.15) is 0 Å². The normalized spacial score (nSPS) is 18.2. The summed E-state index contributed by atoms with van der Waals surface area (Å²) in [5.74, 6) is 0.229. The molecule has 0 spiro atoms. The molecule has 1 aliphatic heterocycles. The molecular formula is C13H14Cl2N4O. The van der Waals surface area contributed by atoms with Crippen LogP contribution in [-0.2, 0) is 11.2 Å². The summed E-state index contributed by atoms with van der Waals surface area (Å²) in [4.78, 5) is 16.4. The van der Waals surface area contributed by atoms with Crippen molar-refractivity contribution in [1.82, 2.24) is 4.90 Å². The molecule has 1 saturated heterocycles. The van der Waals surface area contributed by atoms with Gasteiger partial charge in [-0.25, -0.2) is 0 Å². The van der Waals surface area contributed by atoms with Crippen molar-refractivity contribution in [2.24, 2.45) is 11.0 Å². The predicted octanol–water partition coefficient (Wildman–Crippen LogP) is 3.69. The first kappa shape index (κ1) is 15.0. The lowest BCUT2D eigenvalue weighted by Crippen LogP contribution is -2.27. The van der Waals surface area contributed by atoms with Crippen LogP contribution in [0, 0.1) is 5.92 Å². The van der Waals surface area contributed by atoms with Crippen molar-refractivity contribution >= 4 is 29.1 Å². The van der Waals surface area contributed by atoms with E-state index in [2.05, 4.69) is 10.0 Å². The number of halogens is 2. The summed E-state index contributed by atoms with van der Waals surface area (Å²) in [7, 11) is 0. The highest BCUT2D eigenvalue weighted by atomic mass is 35.5. The average molecular weight is 313 g/mol. The molecule has 1 aromatic carbocycles. The monoisotopic (exact) mass is 312 g/mol. The molecular weight excluding hydrogens is 299 g/mol.